The highest BCUT2D eigenvalue weighted by molar-refractivity contribution is 7.98. The molecule has 1 unspecified atom stereocenters. The molecule has 8 nitrogen and oxygen atoms in total. The zero-order valence-electron chi connectivity index (χ0n) is 15.2. The Bertz CT molecular complexity index is 977. The van der Waals surface area contributed by atoms with Crippen LogP contribution in [0.3, 0.4) is 0 Å². The molecule has 1 aliphatic rings. The molecular formula is C16H22ClN7OS2. The van der Waals surface area contributed by atoms with Crippen LogP contribution in [0.5, 0.6) is 0 Å². The summed E-state index contributed by atoms with van der Waals surface area (Å²) in [6.07, 6.45) is 3.11. The van der Waals surface area contributed by atoms with Crippen LogP contribution in [0.4, 0.5) is 0 Å². The van der Waals surface area contributed by atoms with E-state index >= 15 is 0 Å². The fraction of sp³-hybridized carbons (Fsp3) is 0.562. The summed E-state index contributed by atoms with van der Waals surface area (Å²) >= 11 is 3.02. The quantitative estimate of drug-likeness (QED) is 0.623. The van der Waals surface area contributed by atoms with Crippen LogP contribution in [0.1, 0.15) is 42.2 Å². The van der Waals surface area contributed by atoms with E-state index in [0.29, 0.717) is 16.6 Å². The molecule has 1 N–H and O–H groups in total. The average Bonchev–Trinajstić information content (AvgIpc) is 3.24. The van der Waals surface area contributed by atoms with Gasteiger partial charge in [-0.2, -0.15) is 9.61 Å². The van der Waals surface area contributed by atoms with E-state index in [1.54, 1.807) is 17.8 Å². The number of aromatic nitrogens is 6. The van der Waals surface area contributed by atoms with Gasteiger partial charge in [-0.25, -0.2) is 4.98 Å². The smallest absolute Gasteiger partial charge is 0.275 e. The lowest BCUT2D eigenvalue weighted by molar-refractivity contribution is 0.436. The summed E-state index contributed by atoms with van der Waals surface area (Å²) in [6, 6.07) is 1.56. The molecule has 0 bridgehead atoms. The van der Waals surface area contributed by atoms with E-state index in [0.717, 1.165) is 47.6 Å². The van der Waals surface area contributed by atoms with Gasteiger partial charge in [-0.3, -0.25) is 4.79 Å². The third kappa shape index (κ3) is 4.18. The van der Waals surface area contributed by atoms with Gasteiger partial charge in [0.2, 0.25) is 4.96 Å². The van der Waals surface area contributed by atoms with Gasteiger partial charge >= 0.3 is 0 Å². The number of hydrogen-bond acceptors (Lipinski definition) is 8. The van der Waals surface area contributed by atoms with E-state index in [1.165, 1.54) is 22.3 Å². The Hall–Kier alpha value is -1.49. The van der Waals surface area contributed by atoms with Crippen molar-refractivity contribution in [2.75, 3.05) is 13.1 Å². The number of aryl methyl sites for hydroxylation is 1. The van der Waals surface area contributed by atoms with E-state index in [-0.39, 0.29) is 18.0 Å². The highest BCUT2D eigenvalue weighted by atomic mass is 35.5. The average molecular weight is 428 g/mol. The molecule has 11 heteroatoms. The maximum absolute atomic E-state index is 12.2. The molecule has 0 radical (unpaired) electrons. The van der Waals surface area contributed by atoms with Crippen LogP contribution in [0.25, 0.3) is 4.96 Å². The lowest BCUT2D eigenvalue weighted by atomic mass is 9.99. The SMILES string of the molecule is CCc1nn2c(=O)cc(CSc3nnc(C4CCCNC4)n3C)nc2s1.Cl. The minimum absolute atomic E-state index is 0. The first kappa shape index (κ1) is 20.2. The highest BCUT2D eigenvalue weighted by Gasteiger charge is 2.21. The van der Waals surface area contributed by atoms with Gasteiger partial charge in [-0.05, 0) is 25.8 Å². The summed E-state index contributed by atoms with van der Waals surface area (Å²) in [4.78, 5) is 17.5. The Morgan fingerprint density at radius 3 is 3.00 bits per heavy atom. The van der Waals surface area contributed by atoms with Gasteiger partial charge in [0.15, 0.2) is 5.16 Å². The first-order valence-corrected chi connectivity index (χ1v) is 10.6. The zero-order chi connectivity index (χ0) is 18.1. The Morgan fingerprint density at radius 1 is 1.41 bits per heavy atom. The summed E-state index contributed by atoms with van der Waals surface area (Å²) in [5.41, 5.74) is 0.615. The highest BCUT2D eigenvalue weighted by Crippen LogP contribution is 2.26. The molecule has 0 amide bonds. The van der Waals surface area contributed by atoms with Crippen molar-refractivity contribution in [1.82, 2.24) is 34.7 Å². The van der Waals surface area contributed by atoms with Crippen molar-refractivity contribution in [1.29, 1.82) is 0 Å². The number of rotatable bonds is 5. The van der Waals surface area contributed by atoms with Crippen molar-refractivity contribution in [2.24, 2.45) is 7.05 Å². The molecule has 3 aromatic rings. The van der Waals surface area contributed by atoms with Crippen molar-refractivity contribution >= 4 is 40.5 Å². The Balaban J connectivity index is 0.00000210. The molecule has 0 spiro atoms. The number of fused-ring (bicyclic) bond motifs is 1. The number of nitrogens with zero attached hydrogens (tertiary/aromatic N) is 6. The Labute approximate surface area is 171 Å². The normalized spacial score (nSPS) is 17.2. The van der Waals surface area contributed by atoms with Gasteiger partial charge in [0.1, 0.15) is 10.8 Å². The van der Waals surface area contributed by atoms with Crippen molar-refractivity contribution in [3.05, 3.63) is 32.9 Å². The van der Waals surface area contributed by atoms with E-state index < -0.39 is 0 Å². The lowest BCUT2D eigenvalue weighted by Gasteiger charge is -2.21. The molecule has 0 aliphatic carbocycles. The molecule has 1 aliphatic heterocycles. The molecule has 1 fully saturated rings. The van der Waals surface area contributed by atoms with Crippen LogP contribution in [0.2, 0.25) is 0 Å². The summed E-state index contributed by atoms with van der Waals surface area (Å²) < 4.78 is 3.45. The predicted molar refractivity (Wildman–Crippen MR) is 109 cm³/mol. The second kappa shape index (κ2) is 8.68. The maximum Gasteiger partial charge on any atom is 0.275 e. The summed E-state index contributed by atoms with van der Waals surface area (Å²) in [6.45, 7) is 4.06. The van der Waals surface area contributed by atoms with Crippen LogP contribution in [0, 0.1) is 0 Å². The van der Waals surface area contributed by atoms with E-state index in [2.05, 4.69) is 30.2 Å². The number of nitrogens with one attached hydrogen (secondary N) is 1. The molecular weight excluding hydrogens is 406 g/mol. The summed E-state index contributed by atoms with van der Waals surface area (Å²) in [5, 5.41) is 18.2. The molecule has 146 valence electrons. The van der Waals surface area contributed by atoms with Gasteiger partial charge in [0.05, 0.1) is 5.69 Å². The molecule has 1 saturated heterocycles. The zero-order valence-corrected chi connectivity index (χ0v) is 17.7. The Morgan fingerprint density at radius 2 is 2.26 bits per heavy atom. The van der Waals surface area contributed by atoms with Gasteiger partial charge in [-0.1, -0.05) is 30.0 Å². The van der Waals surface area contributed by atoms with Crippen LogP contribution >= 0.6 is 35.5 Å². The van der Waals surface area contributed by atoms with Gasteiger partial charge in [0, 0.05) is 31.3 Å². The lowest BCUT2D eigenvalue weighted by Crippen LogP contribution is -2.29. The first-order chi connectivity index (χ1) is 12.7. The fourth-order valence-electron chi connectivity index (χ4n) is 3.13. The number of thioether (sulfide) groups is 1. The summed E-state index contributed by atoms with van der Waals surface area (Å²) in [5.74, 6) is 2.03. The third-order valence-corrected chi connectivity index (χ3v) is 6.63. The van der Waals surface area contributed by atoms with Gasteiger partial charge in [-0.15, -0.1) is 22.6 Å². The number of piperidine rings is 1. The van der Waals surface area contributed by atoms with Crippen molar-refractivity contribution < 1.29 is 0 Å². The Kier molecular flexibility index (Phi) is 6.51. The molecule has 1 atom stereocenters. The van der Waals surface area contributed by atoms with Crippen LogP contribution < -0.4 is 10.9 Å². The van der Waals surface area contributed by atoms with Crippen LogP contribution in [0.15, 0.2) is 16.0 Å². The predicted octanol–water partition coefficient (Wildman–Crippen LogP) is 2.02. The molecule has 3 aromatic heterocycles. The van der Waals surface area contributed by atoms with Crippen LogP contribution in [-0.2, 0) is 19.2 Å². The monoisotopic (exact) mass is 427 g/mol. The van der Waals surface area contributed by atoms with Gasteiger partial charge < -0.3 is 9.88 Å². The molecule has 0 aromatic carbocycles. The van der Waals surface area contributed by atoms with Gasteiger partial charge in [0.25, 0.3) is 5.56 Å². The largest absolute Gasteiger partial charge is 0.316 e. The third-order valence-electron chi connectivity index (χ3n) is 4.52. The van der Waals surface area contributed by atoms with E-state index in [1.807, 2.05) is 14.0 Å². The topological polar surface area (TPSA) is 90.0 Å². The van der Waals surface area contributed by atoms with E-state index in [4.69, 9.17) is 0 Å². The maximum atomic E-state index is 12.2. The molecule has 0 saturated carbocycles. The minimum atomic E-state index is -0.131. The van der Waals surface area contributed by atoms with E-state index in [9.17, 15) is 4.79 Å². The molecule has 27 heavy (non-hydrogen) atoms. The second-order valence-electron chi connectivity index (χ2n) is 6.36. The first-order valence-electron chi connectivity index (χ1n) is 8.77. The van der Waals surface area contributed by atoms with Crippen LogP contribution in [-0.4, -0.2) is 42.5 Å². The standard InChI is InChI=1S/C16H21N7OS2.ClH/c1-3-12-21-23-13(24)7-11(18-15(23)26-12)9-25-16-20-19-14(22(16)2)10-5-4-6-17-8-10;/h7,10,17H,3-6,8-9H2,1-2H3;1H. The number of hydrogen-bond donors (Lipinski definition) is 1. The second-order valence-corrected chi connectivity index (χ2v) is 8.34. The fourth-order valence-corrected chi connectivity index (χ4v) is 4.80. The molecule has 4 rings (SSSR count). The summed E-state index contributed by atoms with van der Waals surface area (Å²) in [7, 11) is 2.01. The minimum Gasteiger partial charge on any atom is -0.316 e. The van der Waals surface area contributed by atoms with Crippen molar-refractivity contribution in [2.45, 2.75) is 43.0 Å². The molecule has 4 heterocycles. The van der Waals surface area contributed by atoms with Crippen molar-refractivity contribution in [3.8, 4) is 0 Å². The number of halogens is 1. The van der Waals surface area contributed by atoms with Crippen molar-refractivity contribution in [3.63, 3.8) is 0 Å².